The van der Waals surface area contributed by atoms with Crippen molar-refractivity contribution in [1.82, 2.24) is 14.9 Å². The van der Waals surface area contributed by atoms with Crippen LogP contribution in [0.15, 0.2) is 30.3 Å². The Bertz CT molecular complexity index is 841. The highest BCUT2D eigenvalue weighted by molar-refractivity contribution is 5.92. The smallest absolute Gasteiger partial charge is 0.272 e. The first-order valence-corrected chi connectivity index (χ1v) is 10.5. The van der Waals surface area contributed by atoms with Crippen molar-refractivity contribution in [2.24, 2.45) is 0 Å². The van der Waals surface area contributed by atoms with Gasteiger partial charge in [0.25, 0.3) is 5.91 Å². The topological polar surface area (TPSA) is 52.6 Å². The van der Waals surface area contributed by atoms with E-state index in [0.29, 0.717) is 11.6 Å². The summed E-state index contributed by atoms with van der Waals surface area (Å²) in [5, 5.41) is 0. The number of hydrogen-bond donors (Lipinski definition) is 0. The number of rotatable bonds is 3. The van der Waals surface area contributed by atoms with Crippen LogP contribution in [-0.4, -0.2) is 60.0 Å². The van der Waals surface area contributed by atoms with Gasteiger partial charge in [-0.3, -0.25) is 4.79 Å². The first kappa shape index (κ1) is 19.6. The van der Waals surface area contributed by atoms with Gasteiger partial charge in [0.2, 0.25) is 5.95 Å². The van der Waals surface area contributed by atoms with E-state index >= 15 is 0 Å². The molecule has 2 aromatic rings. The molecule has 3 heterocycles. The molecule has 0 atom stereocenters. The fraction of sp³-hybridized carbons (Fsp3) is 0.500. The fourth-order valence-electron chi connectivity index (χ4n) is 4.06. The van der Waals surface area contributed by atoms with Crippen molar-refractivity contribution >= 4 is 17.5 Å². The number of aromatic nitrogens is 2. The molecular weight excluding hydrogens is 369 g/mol. The van der Waals surface area contributed by atoms with Crippen LogP contribution in [0.3, 0.4) is 0 Å². The number of carbonyl (C=O) groups excluding carboxylic acids is 1. The molecule has 1 aromatic heterocycles. The number of piperazine rings is 1. The van der Waals surface area contributed by atoms with Crippen LogP contribution in [0.25, 0.3) is 0 Å². The summed E-state index contributed by atoms with van der Waals surface area (Å²) < 4.78 is 13.2. The van der Waals surface area contributed by atoms with E-state index in [1.54, 1.807) is 6.07 Å². The summed E-state index contributed by atoms with van der Waals surface area (Å²) in [6.07, 6.45) is 4.51. The van der Waals surface area contributed by atoms with Crippen LogP contribution in [-0.2, 0) is 0 Å². The maximum atomic E-state index is 13.2. The molecule has 1 amide bonds. The Morgan fingerprint density at radius 2 is 1.48 bits per heavy atom. The van der Waals surface area contributed by atoms with E-state index < -0.39 is 0 Å². The van der Waals surface area contributed by atoms with Crippen molar-refractivity contribution < 1.29 is 9.18 Å². The zero-order valence-corrected chi connectivity index (χ0v) is 17.0. The second-order valence-electron chi connectivity index (χ2n) is 7.85. The van der Waals surface area contributed by atoms with Crippen molar-refractivity contribution in [3.05, 3.63) is 47.5 Å². The third kappa shape index (κ3) is 4.66. The number of nitrogens with zero attached hydrogens (tertiary/aromatic N) is 5. The van der Waals surface area contributed by atoms with Crippen LogP contribution in [0.2, 0.25) is 0 Å². The van der Waals surface area contributed by atoms with Crippen molar-refractivity contribution in [3.63, 3.8) is 0 Å². The number of likely N-dealkylation sites (tertiary alicyclic amines) is 1. The van der Waals surface area contributed by atoms with Crippen LogP contribution in [0.4, 0.5) is 16.0 Å². The van der Waals surface area contributed by atoms with Gasteiger partial charge in [-0.15, -0.1) is 0 Å². The quantitative estimate of drug-likeness (QED) is 0.796. The fourth-order valence-corrected chi connectivity index (χ4v) is 4.06. The molecule has 1 aromatic carbocycles. The summed E-state index contributed by atoms with van der Waals surface area (Å²) in [5.74, 6) is 0.424. The Hall–Kier alpha value is -2.70. The molecule has 0 radical (unpaired) electrons. The number of halogens is 1. The van der Waals surface area contributed by atoms with E-state index in [0.717, 1.165) is 63.5 Å². The summed E-state index contributed by atoms with van der Waals surface area (Å²) in [7, 11) is 0. The van der Waals surface area contributed by atoms with E-state index in [1.807, 2.05) is 24.0 Å². The molecule has 2 saturated heterocycles. The Morgan fingerprint density at radius 3 is 2.14 bits per heavy atom. The average Bonchev–Trinajstić information content (AvgIpc) is 3.03. The van der Waals surface area contributed by atoms with Gasteiger partial charge in [0.15, 0.2) is 0 Å². The Morgan fingerprint density at radius 1 is 0.862 bits per heavy atom. The highest BCUT2D eigenvalue weighted by Crippen LogP contribution is 2.20. The maximum Gasteiger partial charge on any atom is 0.272 e. The normalized spacial score (nSPS) is 17.9. The lowest BCUT2D eigenvalue weighted by Crippen LogP contribution is -2.47. The molecule has 0 saturated carbocycles. The SMILES string of the molecule is Cc1cc(C(=O)N2CCCCCC2)nc(N2CCN(c3ccc(F)cc3)CC2)n1. The largest absolute Gasteiger partial charge is 0.368 e. The Labute approximate surface area is 171 Å². The minimum atomic E-state index is -0.220. The summed E-state index contributed by atoms with van der Waals surface area (Å²) in [6, 6.07) is 8.40. The number of aryl methyl sites for hydroxylation is 1. The van der Waals surface area contributed by atoms with Crippen LogP contribution < -0.4 is 9.80 Å². The van der Waals surface area contributed by atoms with Crippen molar-refractivity contribution in [2.45, 2.75) is 32.6 Å². The van der Waals surface area contributed by atoms with Gasteiger partial charge in [0, 0.05) is 50.6 Å². The summed E-state index contributed by atoms with van der Waals surface area (Å²) in [6.45, 7) is 6.67. The molecule has 0 aliphatic carbocycles. The molecule has 0 unspecified atom stereocenters. The second-order valence-corrected chi connectivity index (χ2v) is 7.85. The molecule has 7 heteroatoms. The average molecular weight is 397 g/mol. The summed E-state index contributed by atoms with van der Waals surface area (Å²) >= 11 is 0. The summed E-state index contributed by atoms with van der Waals surface area (Å²) in [5.41, 5.74) is 2.33. The minimum absolute atomic E-state index is 0.0172. The van der Waals surface area contributed by atoms with E-state index in [1.165, 1.54) is 25.0 Å². The molecule has 29 heavy (non-hydrogen) atoms. The van der Waals surface area contributed by atoms with E-state index in [-0.39, 0.29) is 11.7 Å². The first-order valence-electron chi connectivity index (χ1n) is 10.5. The minimum Gasteiger partial charge on any atom is -0.368 e. The number of hydrogen-bond acceptors (Lipinski definition) is 5. The van der Waals surface area contributed by atoms with E-state index in [4.69, 9.17) is 0 Å². The molecule has 2 aliphatic heterocycles. The van der Waals surface area contributed by atoms with Crippen LogP contribution in [0, 0.1) is 12.7 Å². The highest BCUT2D eigenvalue weighted by atomic mass is 19.1. The van der Waals surface area contributed by atoms with Crippen LogP contribution in [0.5, 0.6) is 0 Å². The van der Waals surface area contributed by atoms with E-state index in [9.17, 15) is 9.18 Å². The standard InChI is InChI=1S/C22H28FN5O/c1-17-16-20(21(29)27-10-4-2-3-5-11-27)25-22(24-17)28-14-12-26(13-15-28)19-8-6-18(23)7-9-19/h6-9,16H,2-5,10-15H2,1H3. The molecule has 2 aliphatic rings. The molecule has 2 fully saturated rings. The number of benzene rings is 1. The van der Waals surface area contributed by atoms with Gasteiger partial charge in [-0.2, -0.15) is 0 Å². The lowest BCUT2D eigenvalue weighted by molar-refractivity contribution is 0.0755. The Balaban J connectivity index is 1.45. The highest BCUT2D eigenvalue weighted by Gasteiger charge is 2.23. The molecular formula is C22H28FN5O. The van der Waals surface area contributed by atoms with Gasteiger partial charge >= 0.3 is 0 Å². The number of anilines is 2. The molecule has 0 bridgehead atoms. The van der Waals surface area contributed by atoms with Gasteiger partial charge in [-0.05, 0) is 50.1 Å². The molecule has 154 valence electrons. The van der Waals surface area contributed by atoms with Gasteiger partial charge in [-0.1, -0.05) is 12.8 Å². The maximum absolute atomic E-state index is 13.2. The van der Waals surface area contributed by atoms with Crippen molar-refractivity contribution in [3.8, 4) is 0 Å². The molecule has 0 N–H and O–H groups in total. The predicted octanol–water partition coefficient (Wildman–Crippen LogP) is 3.27. The molecule has 4 rings (SSSR count). The van der Waals surface area contributed by atoms with Gasteiger partial charge in [0.05, 0.1) is 0 Å². The van der Waals surface area contributed by atoms with Crippen LogP contribution >= 0.6 is 0 Å². The molecule has 0 spiro atoms. The molecule has 6 nitrogen and oxygen atoms in total. The second kappa shape index (κ2) is 8.76. The van der Waals surface area contributed by atoms with Gasteiger partial charge < -0.3 is 14.7 Å². The van der Waals surface area contributed by atoms with Gasteiger partial charge in [0.1, 0.15) is 11.5 Å². The summed E-state index contributed by atoms with van der Waals surface area (Å²) in [4.78, 5) is 28.5. The third-order valence-corrected chi connectivity index (χ3v) is 5.71. The van der Waals surface area contributed by atoms with Gasteiger partial charge in [-0.25, -0.2) is 14.4 Å². The zero-order valence-electron chi connectivity index (χ0n) is 17.0. The lowest BCUT2D eigenvalue weighted by Gasteiger charge is -2.36. The van der Waals surface area contributed by atoms with Crippen LogP contribution in [0.1, 0.15) is 41.9 Å². The zero-order chi connectivity index (χ0) is 20.2. The monoisotopic (exact) mass is 397 g/mol. The predicted molar refractivity (Wildman–Crippen MR) is 112 cm³/mol. The van der Waals surface area contributed by atoms with Crippen molar-refractivity contribution in [1.29, 1.82) is 0 Å². The lowest BCUT2D eigenvalue weighted by atomic mass is 10.2. The first-order chi connectivity index (χ1) is 14.1. The Kier molecular flexibility index (Phi) is 5.92. The van der Waals surface area contributed by atoms with Crippen molar-refractivity contribution in [2.75, 3.05) is 49.1 Å². The number of amides is 1. The number of carbonyl (C=O) groups is 1. The third-order valence-electron chi connectivity index (χ3n) is 5.71. The van der Waals surface area contributed by atoms with E-state index in [2.05, 4.69) is 19.8 Å².